The molecule has 1 aromatic rings. The lowest BCUT2D eigenvalue weighted by atomic mass is 10.3. The molecule has 1 aliphatic rings. The first-order valence-corrected chi connectivity index (χ1v) is 7.50. The summed E-state index contributed by atoms with van der Waals surface area (Å²) in [6, 6.07) is 0. The topological polar surface area (TPSA) is 52.6 Å². The molecule has 0 saturated carbocycles. The van der Waals surface area contributed by atoms with Gasteiger partial charge < -0.3 is 9.80 Å². The fraction of sp³-hybridized carbons (Fsp3) is 0.615. The molecule has 0 unspecified atom stereocenters. The molecule has 20 heavy (non-hydrogen) atoms. The van der Waals surface area contributed by atoms with Gasteiger partial charge in [0.1, 0.15) is 0 Å². The number of aromatic nitrogens is 2. The molecule has 2 heterocycles. The van der Waals surface area contributed by atoms with Crippen molar-refractivity contribution >= 4 is 27.8 Å². The van der Waals surface area contributed by atoms with Gasteiger partial charge in [0.2, 0.25) is 11.9 Å². The Morgan fingerprint density at radius 3 is 2.40 bits per heavy atom. The number of carbonyl (C=O) groups is 1. The van der Waals surface area contributed by atoms with Crippen LogP contribution >= 0.6 is 15.9 Å². The highest BCUT2D eigenvalue weighted by atomic mass is 79.9. The molecule has 1 aliphatic heterocycles. The molecule has 0 radical (unpaired) electrons. The monoisotopic (exact) mass is 341 g/mol. The number of anilines is 1. The molecule has 0 N–H and O–H groups in total. The van der Waals surface area contributed by atoms with E-state index in [1.165, 1.54) is 0 Å². The summed E-state index contributed by atoms with van der Waals surface area (Å²) in [7, 11) is 3.59. The van der Waals surface area contributed by atoms with E-state index >= 15 is 0 Å². The third kappa shape index (κ3) is 4.14. The predicted molar refractivity (Wildman–Crippen MR) is 81.7 cm³/mol. The lowest BCUT2D eigenvalue weighted by Gasteiger charge is -2.34. The summed E-state index contributed by atoms with van der Waals surface area (Å²) in [6.45, 7) is 4.52. The molecule has 2 rings (SSSR count). The molecular weight excluding hydrogens is 322 g/mol. The molecular formula is C13H20BrN5O. The van der Waals surface area contributed by atoms with Crippen molar-refractivity contribution in [3.8, 4) is 0 Å². The van der Waals surface area contributed by atoms with Crippen molar-refractivity contribution in [2.24, 2.45) is 0 Å². The van der Waals surface area contributed by atoms with Gasteiger partial charge in [-0.3, -0.25) is 9.69 Å². The van der Waals surface area contributed by atoms with Gasteiger partial charge in [-0.25, -0.2) is 9.97 Å². The quantitative estimate of drug-likeness (QED) is 0.812. The van der Waals surface area contributed by atoms with Gasteiger partial charge in [0, 0.05) is 65.6 Å². The summed E-state index contributed by atoms with van der Waals surface area (Å²) in [5, 5.41) is 0. The minimum absolute atomic E-state index is 0.184. The third-order valence-corrected chi connectivity index (χ3v) is 3.81. The second-order valence-electron chi connectivity index (χ2n) is 5.07. The smallest absolute Gasteiger partial charge is 0.225 e. The zero-order valence-electron chi connectivity index (χ0n) is 11.9. The summed E-state index contributed by atoms with van der Waals surface area (Å²) in [6.07, 6.45) is 4.12. The molecule has 1 fully saturated rings. The predicted octanol–water partition coefficient (Wildman–Crippen LogP) is 0.839. The van der Waals surface area contributed by atoms with Gasteiger partial charge in [-0.2, -0.15) is 0 Å². The molecule has 110 valence electrons. The van der Waals surface area contributed by atoms with Gasteiger partial charge in [0.15, 0.2) is 0 Å². The van der Waals surface area contributed by atoms with Crippen LogP contribution < -0.4 is 4.90 Å². The number of carbonyl (C=O) groups excluding carboxylic acids is 1. The molecule has 1 saturated heterocycles. The van der Waals surface area contributed by atoms with Crippen LogP contribution in [0.1, 0.15) is 6.42 Å². The minimum Gasteiger partial charge on any atom is -0.349 e. The summed E-state index contributed by atoms with van der Waals surface area (Å²) in [5.41, 5.74) is 0. The first-order chi connectivity index (χ1) is 9.56. The standard InChI is InChI=1S/C13H20BrN5O/c1-17(2)12(20)3-4-18-5-7-19(8-6-18)13-15-9-11(14)10-16-13/h9-10H,3-8H2,1-2H3. The van der Waals surface area contributed by atoms with Crippen LogP contribution in [0.2, 0.25) is 0 Å². The normalized spacial score (nSPS) is 16.2. The van der Waals surface area contributed by atoms with E-state index in [0.29, 0.717) is 6.42 Å². The zero-order valence-corrected chi connectivity index (χ0v) is 13.5. The molecule has 7 heteroatoms. The average Bonchev–Trinajstić information content (AvgIpc) is 2.46. The van der Waals surface area contributed by atoms with Crippen LogP contribution in [0.5, 0.6) is 0 Å². The first-order valence-electron chi connectivity index (χ1n) is 6.71. The van der Waals surface area contributed by atoms with E-state index in [9.17, 15) is 4.79 Å². The van der Waals surface area contributed by atoms with Crippen molar-refractivity contribution < 1.29 is 4.79 Å². The number of hydrogen-bond donors (Lipinski definition) is 0. The highest BCUT2D eigenvalue weighted by Gasteiger charge is 2.19. The van der Waals surface area contributed by atoms with E-state index in [-0.39, 0.29) is 5.91 Å². The first kappa shape index (κ1) is 15.2. The number of rotatable bonds is 4. The number of halogens is 1. The summed E-state index contributed by atoms with van der Waals surface area (Å²) >= 11 is 3.34. The highest BCUT2D eigenvalue weighted by molar-refractivity contribution is 9.10. The summed E-state index contributed by atoms with van der Waals surface area (Å²) in [4.78, 5) is 26.3. The Labute approximate surface area is 127 Å². The average molecular weight is 342 g/mol. The number of piperazine rings is 1. The SMILES string of the molecule is CN(C)C(=O)CCN1CCN(c2ncc(Br)cn2)CC1. The molecule has 0 spiro atoms. The van der Waals surface area contributed by atoms with Crippen LogP contribution in [0.3, 0.4) is 0 Å². The fourth-order valence-corrected chi connectivity index (χ4v) is 2.32. The Morgan fingerprint density at radius 2 is 1.85 bits per heavy atom. The van der Waals surface area contributed by atoms with Crippen molar-refractivity contribution in [1.29, 1.82) is 0 Å². The molecule has 0 aromatic carbocycles. The van der Waals surface area contributed by atoms with Crippen LogP contribution in [-0.2, 0) is 4.79 Å². The van der Waals surface area contributed by atoms with Gasteiger partial charge in [-0.05, 0) is 15.9 Å². The molecule has 0 bridgehead atoms. The van der Waals surface area contributed by atoms with Gasteiger partial charge in [-0.1, -0.05) is 0 Å². The number of nitrogens with zero attached hydrogens (tertiary/aromatic N) is 5. The molecule has 1 aromatic heterocycles. The van der Waals surface area contributed by atoms with Crippen molar-refractivity contribution in [1.82, 2.24) is 19.8 Å². The van der Waals surface area contributed by atoms with Crippen LogP contribution in [-0.4, -0.2) is 72.5 Å². The molecule has 6 nitrogen and oxygen atoms in total. The fourth-order valence-electron chi connectivity index (χ4n) is 2.12. The van der Waals surface area contributed by atoms with Crippen LogP contribution in [0, 0.1) is 0 Å². The largest absolute Gasteiger partial charge is 0.349 e. The van der Waals surface area contributed by atoms with Gasteiger partial charge in [0.25, 0.3) is 0 Å². The molecule has 0 atom stereocenters. The van der Waals surface area contributed by atoms with Crippen LogP contribution in [0.15, 0.2) is 16.9 Å². The Balaban J connectivity index is 1.77. The summed E-state index contributed by atoms with van der Waals surface area (Å²) < 4.78 is 0.891. The Morgan fingerprint density at radius 1 is 1.25 bits per heavy atom. The zero-order chi connectivity index (χ0) is 14.5. The maximum absolute atomic E-state index is 11.6. The van der Waals surface area contributed by atoms with E-state index < -0.39 is 0 Å². The van der Waals surface area contributed by atoms with E-state index in [4.69, 9.17) is 0 Å². The second-order valence-corrected chi connectivity index (χ2v) is 5.98. The molecule has 1 amide bonds. The maximum Gasteiger partial charge on any atom is 0.225 e. The molecule has 0 aliphatic carbocycles. The maximum atomic E-state index is 11.6. The van der Waals surface area contributed by atoms with Crippen molar-refractivity contribution in [3.05, 3.63) is 16.9 Å². The highest BCUT2D eigenvalue weighted by Crippen LogP contribution is 2.13. The van der Waals surface area contributed by atoms with Gasteiger partial charge in [0.05, 0.1) is 4.47 Å². The van der Waals surface area contributed by atoms with E-state index in [2.05, 4.69) is 35.7 Å². The van der Waals surface area contributed by atoms with E-state index in [1.807, 2.05) is 0 Å². The second kappa shape index (κ2) is 6.99. The number of amides is 1. The van der Waals surface area contributed by atoms with Crippen molar-refractivity contribution in [2.75, 3.05) is 51.7 Å². The van der Waals surface area contributed by atoms with Crippen molar-refractivity contribution in [2.45, 2.75) is 6.42 Å². The van der Waals surface area contributed by atoms with E-state index in [1.54, 1.807) is 31.4 Å². The summed E-state index contributed by atoms with van der Waals surface area (Å²) in [5.74, 6) is 0.959. The Hall–Kier alpha value is -1.21. The van der Waals surface area contributed by atoms with Gasteiger partial charge >= 0.3 is 0 Å². The van der Waals surface area contributed by atoms with Crippen molar-refractivity contribution in [3.63, 3.8) is 0 Å². The lowest BCUT2D eigenvalue weighted by Crippen LogP contribution is -2.47. The van der Waals surface area contributed by atoms with Crippen LogP contribution in [0.25, 0.3) is 0 Å². The Kier molecular flexibility index (Phi) is 5.31. The Bertz CT molecular complexity index is 443. The lowest BCUT2D eigenvalue weighted by molar-refractivity contribution is -0.129. The van der Waals surface area contributed by atoms with Crippen LogP contribution in [0.4, 0.5) is 5.95 Å². The minimum atomic E-state index is 0.184. The van der Waals surface area contributed by atoms with Gasteiger partial charge in [-0.15, -0.1) is 0 Å². The third-order valence-electron chi connectivity index (χ3n) is 3.40. The number of hydrogen-bond acceptors (Lipinski definition) is 5. The van der Waals surface area contributed by atoms with E-state index in [0.717, 1.165) is 43.1 Å².